The number of ether oxygens (including phenoxy) is 1. The lowest BCUT2D eigenvalue weighted by molar-refractivity contribution is -0.0758. The molecule has 0 spiro atoms. The highest BCUT2D eigenvalue weighted by atomic mass is 32.2. The third-order valence-electron chi connectivity index (χ3n) is 8.91. The average molecular weight is 590 g/mol. The number of nitrogens with one attached hydrogen (secondary N) is 2. The van der Waals surface area contributed by atoms with Crippen LogP contribution in [-0.2, 0) is 27.3 Å². The molecule has 2 N–H and O–H groups in total. The zero-order valence-corrected chi connectivity index (χ0v) is 25.6. The van der Waals surface area contributed by atoms with Crippen molar-refractivity contribution < 1.29 is 13.2 Å². The van der Waals surface area contributed by atoms with Gasteiger partial charge in [-0.3, -0.25) is 10.00 Å². The van der Waals surface area contributed by atoms with E-state index in [0.29, 0.717) is 18.3 Å². The maximum absolute atomic E-state index is 13.8. The summed E-state index contributed by atoms with van der Waals surface area (Å²) in [4.78, 5) is 7.11. The smallest absolute Gasteiger partial charge is 0.269 e. The second-order valence-corrected chi connectivity index (χ2v) is 13.7. The summed E-state index contributed by atoms with van der Waals surface area (Å²) in [5.41, 5.74) is 0.163. The van der Waals surface area contributed by atoms with E-state index in [9.17, 15) is 8.42 Å². The first kappa shape index (κ1) is 28.4. The molecule has 1 saturated heterocycles. The first-order valence-corrected chi connectivity index (χ1v) is 15.9. The zero-order chi connectivity index (χ0) is 29.7. The Bertz CT molecular complexity index is 1850. The first-order valence-electron chi connectivity index (χ1n) is 14.4. The summed E-state index contributed by atoms with van der Waals surface area (Å²) in [6.07, 6.45) is 8.23. The number of pyridine rings is 1. The summed E-state index contributed by atoms with van der Waals surface area (Å²) in [6, 6.07) is 12.3. The van der Waals surface area contributed by atoms with Crippen LogP contribution in [-0.4, -0.2) is 64.0 Å². The van der Waals surface area contributed by atoms with E-state index in [0.717, 1.165) is 53.4 Å². The van der Waals surface area contributed by atoms with E-state index < -0.39 is 15.6 Å². The lowest BCUT2D eigenvalue weighted by Gasteiger charge is -2.39. The summed E-state index contributed by atoms with van der Waals surface area (Å²) >= 11 is 0. The van der Waals surface area contributed by atoms with E-state index in [1.807, 2.05) is 30.1 Å². The van der Waals surface area contributed by atoms with Gasteiger partial charge in [-0.05, 0) is 56.5 Å². The SMILES string of the molecule is CC(C)[C@]1(C)CCN(C2=c3cnn(C)c3=CC(C)(c3cn(S(=O)(=O)c4ccccc4)c4ncccc34)N2)CCNCO1. The predicted octanol–water partition coefficient (Wildman–Crippen LogP) is 2.06. The van der Waals surface area contributed by atoms with Crippen molar-refractivity contribution in [2.24, 2.45) is 13.0 Å². The number of aryl methyl sites for hydroxylation is 1. The normalized spacial score (nSPS) is 23.6. The fourth-order valence-electron chi connectivity index (χ4n) is 5.87. The molecule has 3 aromatic heterocycles. The lowest BCUT2D eigenvalue weighted by Crippen LogP contribution is -2.54. The minimum atomic E-state index is -3.88. The Morgan fingerprint density at radius 1 is 1.07 bits per heavy atom. The van der Waals surface area contributed by atoms with Crippen LogP contribution in [0.5, 0.6) is 0 Å². The van der Waals surface area contributed by atoms with E-state index in [-0.39, 0.29) is 10.5 Å². The maximum atomic E-state index is 13.8. The van der Waals surface area contributed by atoms with E-state index in [1.165, 1.54) is 3.97 Å². The summed E-state index contributed by atoms with van der Waals surface area (Å²) < 4.78 is 37.2. The van der Waals surface area contributed by atoms with Crippen LogP contribution in [0.25, 0.3) is 22.9 Å². The highest BCUT2D eigenvalue weighted by molar-refractivity contribution is 7.90. The van der Waals surface area contributed by atoms with Crippen molar-refractivity contribution in [3.8, 4) is 0 Å². The lowest BCUT2D eigenvalue weighted by atomic mass is 9.88. The summed E-state index contributed by atoms with van der Waals surface area (Å²) in [6.45, 7) is 11.5. The van der Waals surface area contributed by atoms with Crippen molar-refractivity contribution >= 4 is 33.0 Å². The first-order chi connectivity index (χ1) is 20.0. The topological polar surface area (TPSA) is 106 Å². The van der Waals surface area contributed by atoms with E-state index >= 15 is 0 Å². The molecule has 1 fully saturated rings. The van der Waals surface area contributed by atoms with E-state index in [4.69, 9.17) is 4.74 Å². The summed E-state index contributed by atoms with van der Waals surface area (Å²) in [7, 11) is -1.94. The van der Waals surface area contributed by atoms with Gasteiger partial charge in [-0.1, -0.05) is 32.0 Å². The van der Waals surface area contributed by atoms with Crippen LogP contribution < -0.4 is 21.2 Å². The minimum Gasteiger partial charge on any atom is -0.360 e. The average Bonchev–Trinajstić information content (AvgIpc) is 3.58. The zero-order valence-electron chi connectivity index (χ0n) is 24.8. The van der Waals surface area contributed by atoms with Gasteiger partial charge in [0.15, 0.2) is 5.65 Å². The molecular formula is C31H39N7O3S. The van der Waals surface area contributed by atoms with Crippen molar-refractivity contribution in [2.45, 2.75) is 50.2 Å². The highest BCUT2D eigenvalue weighted by Gasteiger charge is 2.37. The molecule has 0 radical (unpaired) electrons. The molecule has 10 nitrogen and oxygen atoms in total. The van der Waals surface area contributed by atoms with Crippen LogP contribution in [0.3, 0.4) is 0 Å². The Hall–Kier alpha value is -3.67. The molecule has 6 rings (SSSR count). The molecule has 0 aliphatic carbocycles. The molecule has 222 valence electrons. The number of fused-ring (bicyclic) bond motifs is 2. The third-order valence-corrected chi connectivity index (χ3v) is 10.6. The Labute approximate surface area is 246 Å². The van der Waals surface area contributed by atoms with Gasteiger partial charge in [0.05, 0.1) is 39.5 Å². The molecule has 2 aliphatic heterocycles. The van der Waals surface area contributed by atoms with Gasteiger partial charge < -0.3 is 15.0 Å². The molecule has 1 aromatic carbocycles. The van der Waals surface area contributed by atoms with E-state index in [2.05, 4.69) is 59.4 Å². The Morgan fingerprint density at radius 2 is 1.86 bits per heavy atom. The summed E-state index contributed by atoms with van der Waals surface area (Å²) in [5, 5.41) is 14.6. The molecule has 5 heterocycles. The molecule has 11 heteroatoms. The molecule has 42 heavy (non-hydrogen) atoms. The molecule has 0 bridgehead atoms. The number of nitrogens with zero attached hydrogens (tertiary/aromatic N) is 5. The van der Waals surface area contributed by atoms with Crippen LogP contribution in [0.1, 0.15) is 39.7 Å². The van der Waals surface area contributed by atoms with Gasteiger partial charge >= 0.3 is 0 Å². The van der Waals surface area contributed by atoms with Crippen LogP contribution >= 0.6 is 0 Å². The van der Waals surface area contributed by atoms with Gasteiger partial charge in [0.1, 0.15) is 5.82 Å². The molecule has 2 aliphatic rings. The quantitative estimate of drug-likeness (QED) is 0.365. The largest absolute Gasteiger partial charge is 0.360 e. The van der Waals surface area contributed by atoms with Gasteiger partial charge in [-0.15, -0.1) is 0 Å². The Kier molecular flexibility index (Phi) is 7.15. The molecule has 2 atom stereocenters. The van der Waals surface area contributed by atoms with Crippen molar-refractivity contribution in [3.05, 3.63) is 77.2 Å². The van der Waals surface area contributed by atoms with Crippen molar-refractivity contribution in [1.82, 2.24) is 34.3 Å². The second-order valence-electron chi connectivity index (χ2n) is 11.9. The Morgan fingerprint density at radius 3 is 2.62 bits per heavy atom. The van der Waals surface area contributed by atoms with Gasteiger partial charge in [-0.2, -0.15) is 5.10 Å². The number of benzene rings is 1. The predicted molar refractivity (Wildman–Crippen MR) is 163 cm³/mol. The molecule has 1 unspecified atom stereocenters. The van der Waals surface area contributed by atoms with Crippen LogP contribution in [0, 0.1) is 5.92 Å². The van der Waals surface area contributed by atoms with E-state index in [1.54, 1.807) is 42.7 Å². The number of aromatic nitrogens is 4. The highest BCUT2D eigenvalue weighted by Crippen LogP contribution is 2.35. The molecule has 0 saturated carbocycles. The fourth-order valence-corrected chi connectivity index (χ4v) is 7.22. The minimum absolute atomic E-state index is 0.214. The van der Waals surface area contributed by atoms with Crippen LogP contribution in [0.15, 0.2) is 66.0 Å². The van der Waals surface area contributed by atoms with Crippen molar-refractivity contribution in [2.75, 3.05) is 26.4 Å². The number of hydrogen-bond donors (Lipinski definition) is 2. The second kappa shape index (κ2) is 10.6. The molecule has 4 aromatic rings. The van der Waals surface area contributed by atoms with Crippen LogP contribution in [0.4, 0.5) is 0 Å². The van der Waals surface area contributed by atoms with Gasteiger partial charge in [0.25, 0.3) is 10.0 Å². The monoisotopic (exact) mass is 589 g/mol. The van der Waals surface area contributed by atoms with Gasteiger partial charge in [-0.25, -0.2) is 17.4 Å². The van der Waals surface area contributed by atoms with Gasteiger partial charge in [0.2, 0.25) is 0 Å². The maximum Gasteiger partial charge on any atom is 0.269 e. The standard InChI is InChI=1S/C31H39N7O3S/c1-22(2)31(4)13-16-37(17-15-32-21-41-31)29-25-19-34-36(5)27(25)18-30(3,35-29)26-20-38(28-24(26)12-9-14-33-28)42(39,40)23-10-7-6-8-11-23/h6-12,14,18-20,22,32,35H,13,15-17,21H2,1-5H3/t30?,31-/m0/s1. The molecular weight excluding hydrogens is 550 g/mol. The fraction of sp³-hybridized carbons (Fsp3) is 0.419. The molecule has 0 amide bonds. The third kappa shape index (κ3) is 4.79. The number of rotatable bonds is 5. The Balaban J connectivity index is 1.48. The van der Waals surface area contributed by atoms with Crippen molar-refractivity contribution in [3.63, 3.8) is 0 Å². The summed E-state index contributed by atoms with van der Waals surface area (Å²) in [5.74, 6) is 1.31. The van der Waals surface area contributed by atoms with Gasteiger partial charge in [0, 0.05) is 50.0 Å². The number of hydrogen-bond acceptors (Lipinski definition) is 8. The van der Waals surface area contributed by atoms with Crippen molar-refractivity contribution in [1.29, 1.82) is 0 Å². The van der Waals surface area contributed by atoms with Crippen LogP contribution in [0.2, 0.25) is 0 Å².